The monoisotopic (exact) mass is 617 g/mol. The average Bonchev–Trinajstić information content (AvgIpc) is 2.73. The van der Waals surface area contributed by atoms with Crippen molar-refractivity contribution in [2.75, 3.05) is 6.54 Å². The number of hydrogen-bond donors (Lipinski definition) is 1. The van der Waals surface area contributed by atoms with Crippen LogP contribution in [0, 0.1) is 3.57 Å². The zero-order chi connectivity index (χ0) is 26.4. The van der Waals surface area contributed by atoms with Gasteiger partial charge in [0.05, 0.1) is 3.57 Å². The molecule has 0 saturated heterocycles. The fourth-order valence-electron chi connectivity index (χ4n) is 4.67. The highest BCUT2D eigenvalue weighted by molar-refractivity contribution is 14.1. The SMILES string of the molecule is CC(C)[Si](O[13c]1[13cH][13cH][13c](Oc2ccc(CCNC(=O)OC(C)(C)C)cc2I)[13cH][13cH]1)(C(C)C)C(C)C. The summed E-state index contributed by atoms with van der Waals surface area (Å²) >= 11 is 2.29. The summed E-state index contributed by atoms with van der Waals surface area (Å²) in [5, 5.41) is 2.80. The van der Waals surface area contributed by atoms with Crippen molar-refractivity contribution in [3.63, 3.8) is 0 Å². The van der Waals surface area contributed by atoms with E-state index in [-0.39, 0.29) is 0 Å². The van der Waals surface area contributed by atoms with Gasteiger partial charge in [0, 0.05) is 6.54 Å². The molecule has 0 aliphatic carbocycles. The van der Waals surface area contributed by atoms with E-state index in [0.29, 0.717) is 23.2 Å². The molecule has 0 unspecified atom stereocenters. The molecule has 0 bridgehead atoms. The summed E-state index contributed by atoms with van der Waals surface area (Å²) in [6, 6.07) is 14.1. The molecule has 0 fully saturated rings. The molecular formula is C28H42INO4Si. The number of alkyl carbamates (subject to hydrolysis) is 1. The third-order valence-electron chi connectivity index (χ3n) is 6.13. The molecule has 194 valence electrons. The number of nitrogens with one attached hydrogen (secondary N) is 1. The Kier molecular flexibility index (Phi) is 10.5. The lowest BCUT2D eigenvalue weighted by molar-refractivity contribution is 0.0528. The first-order chi connectivity index (χ1) is 16.2. The van der Waals surface area contributed by atoms with Gasteiger partial charge in [-0.3, -0.25) is 0 Å². The van der Waals surface area contributed by atoms with Crippen molar-refractivity contribution in [3.8, 4) is 17.2 Å². The maximum atomic E-state index is 11.8. The van der Waals surface area contributed by atoms with Gasteiger partial charge in [-0.05, 0) is 108 Å². The zero-order valence-electron chi connectivity index (χ0n) is 22.7. The lowest BCUT2D eigenvalue weighted by Crippen LogP contribution is -2.50. The molecule has 7 heteroatoms. The van der Waals surface area contributed by atoms with Gasteiger partial charge in [-0.15, -0.1) is 0 Å². The predicted octanol–water partition coefficient (Wildman–Crippen LogP) is 8.71. The fraction of sp³-hybridized carbons (Fsp3) is 0.536. The Bertz CT molecular complexity index is 946. The minimum atomic E-state index is -1.98. The zero-order valence-corrected chi connectivity index (χ0v) is 25.9. The molecular weight excluding hydrogens is 575 g/mol. The molecule has 0 spiro atoms. The molecule has 0 radical (unpaired) electrons. The molecule has 5 nitrogen and oxygen atoms in total. The number of hydrogen-bond acceptors (Lipinski definition) is 4. The Morgan fingerprint density at radius 1 is 0.914 bits per heavy atom. The van der Waals surface area contributed by atoms with Crippen LogP contribution in [0.15, 0.2) is 42.5 Å². The van der Waals surface area contributed by atoms with Crippen LogP contribution < -0.4 is 14.5 Å². The first-order valence-corrected chi connectivity index (χ1v) is 15.7. The van der Waals surface area contributed by atoms with Crippen LogP contribution >= 0.6 is 22.6 Å². The summed E-state index contributed by atoms with van der Waals surface area (Å²) < 4.78 is 19.2. The highest BCUT2D eigenvalue weighted by Gasteiger charge is 2.46. The minimum absolute atomic E-state index is 0.394. The van der Waals surface area contributed by atoms with Crippen molar-refractivity contribution in [2.24, 2.45) is 0 Å². The second-order valence-corrected chi connectivity index (χ2v) is 17.5. The number of ether oxygens (including phenoxy) is 2. The van der Waals surface area contributed by atoms with Crippen LogP contribution in [0.2, 0.25) is 16.6 Å². The fourth-order valence-corrected chi connectivity index (χ4v) is 10.6. The van der Waals surface area contributed by atoms with Gasteiger partial charge in [0.1, 0.15) is 22.8 Å². The van der Waals surface area contributed by atoms with Crippen LogP contribution in [-0.4, -0.2) is 26.6 Å². The van der Waals surface area contributed by atoms with Crippen molar-refractivity contribution >= 4 is 37.0 Å². The lowest BCUT2D eigenvalue weighted by Gasteiger charge is -2.42. The molecule has 35 heavy (non-hydrogen) atoms. The summed E-state index contributed by atoms with van der Waals surface area (Å²) in [5.41, 5.74) is 2.21. The van der Waals surface area contributed by atoms with Crippen molar-refractivity contribution in [1.29, 1.82) is 0 Å². The standard InChI is InChI=1S/C28H42INO4Si/c1-19(2)35(20(3)4,21(5)6)34-24-13-11-23(12-14-24)32-26-15-10-22(18-25(26)29)16-17-30-27(31)33-28(7,8)9/h10-15,18-21H,16-17H2,1-9H3,(H,30,31)/i11+1,12+1,13+1,14+1,23+1,24+1. The molecule has 0 atom stereocenters. The quantitative estimate of drug-likeness (QED) is 0.214. The smallest absolute Gasteiger partial charge is 0.407 e. The maximum Gasteiger partial charge on any atom is 0.407 e. The van der Waals surface area contributed by atoms with E-state index in [1.165, 1.54) is 0 Å². The van der Waals surface area contributed by atoms with Gasteiger partial charge in [-0.25, -0.2) is 4.79 Å². The highest BCUT2D eigenvalue weighted by Crippen LogP contribution is 2.43. The predicted molar refractivity (Wildman–Crippen MR) is 155 cm³/mol. The Morgan fingerprint density at radius 3 is 1.94 bits per heavy atom. The number of carbonyl (C=O) groups excluding carboxylic acids is 1. The Hall–Kier alpha value is -1.74. The molecule has 0 saturated carbocycles. The lowest BCUT2D eigenvalue weighted by atomic mass is 10.1. The number of carbonyl (C=O) groups is 1. The van der Waals surface area contributed by atoms with Crippen molar-refractivity contribution in [3.05, 3.63) is 51.6 Å². The van der Waals surface area contributed by atoms with Gasteiger partial charge in [-0.1, -0.05) is 47.6 Å². The minimum Gasteiger partial charge on any atom is -0.543 e. The van der Waals surface area contributed by atoms with Crippen molar-refractivity contribution in [2.45, 2.75) is 91.0 Å². The van der Waals surface area contributed by atoms with E-state index in [1.807, 2.05) is 57.2 Å². The van der Waals surface area contributed by atoms with Crippen LogP contribution in [0.25, 0.3) is 0 Å². The highest BCUT2D eigenvalue weighted by atomic mass is 127. The molecule has 1 N–H and O–H groups in total. The van der Waals surface area contributed by atoms with E-state index in [0.717, 1.165) is 32.8 Å². The summed E-state index contributed by atoms with van der Waals surface area (Å²) in [7, 11) is -1.98. The molecule has 2 rings (SSSR count). The van der Waals surface area contributed by atoms with Crippen LogP contribution in [-0.2, 0) is 11.2 Å². The van der Waals surface area contributed by atoms with Gasteiger partial charge in [-0.2, -0.15) is 0 Å². The van der Waals surface area contributed by atoms with Crippen LogP contribution in [0.3, 0.4) is 0 Å². The first-order valence-electron chi connectivity index (χ1n) is 12.5. The van der Waals surface area contributed by atoms with E-state index in [4.69, 9.17) is 13.9 Å². The van der Waals surface area contributed by atoms with Gasteiger partial charge >= 0.3 is 6.09 Å². The molecule has 2 aromatic rings. The molecule has 0 aromatic heterocycles. The number of halogens is 1. The largest absolute Gasteiger partial charge is 0.543 e. The molecule has 0 heterocycles. The maximum absolute atomic E-state index is 11.8. The third-order valence-corrected chi connectivity index (χ3v) is 13.0. The summed E-state index contributed by atoms with van der Waals surface area (Å²) in [5.74, 6) is 2.50. The van der Waals surface area contributed by atoms with E-state index in [9.17, 15) is 4.79 Å². The number of amides is 1. The van der Waals surface area contributed by atoms with E-state index in [1.54, 1.807) is 0 Å². The van der Waals surface area contributed by atoms with Gasteiger partial charge in [0.15, 0.2) is 0 Å². The Morgan fingerprint density at radius 2 is 1.46 bits per heavy atom. The third kappa shape index (κ3) is 8.41. The van der Waals surface area contributed by atoms with Crippen LogP contribution in [0.5, 0.6) is 17.2 Å². The first kappa shape index (κ1) is 29.5. The Labute approximate surface area is 226 Å². The van der Waals surface area contributed by atoms with Crippen LogP contribution in [0.4, 0.5) is 4.79 Å². The molecule has 0 aliphatic heterocycles. The summed E-state index contributed by atoms with van der Waals surface area (Å²) in [6.45, 7) is 19.8. The topological polar surface area (TPSA) is 56.8 Å². The molecule has 0 aliphatic rings. The number of rotatable bonds is 10. The average molecular weight is 618 g/mol. The second kappa shape index (κ2) is 12.5. The van der Waals surface area contributed by atoms with Gasteiger partial charge < -0.3 is 19.2 Å². The second-order valence-electron chi connectivity index (χ2n) is 10.9. The van der Waals surface area contributed by atoms with E-state index < -0.39 is 20.0 Å². The summed E-state index contributed by atoms with van der Waals surface area (Å²) in [4.78, 5) is 11.8. The molecule has 1 amide bonds. The number of benzene rings is 2. The Balaban J connectivity index is 2.01. The van der Waals surface area contributed by atoms with Crippen molar-refractivity contribution in [1.82, 2.24) is 5.32 Å². The summed E-state index contributed by atoms with van der Waals surface area (Å²) in [6.07, 6.45) is 0.323. The van der Waals surface area contributed by atoms with Gasteiger partial charge in [0.2, 0.25) is 0 Å². The van der Waals surface area contributed by atoms with Crippen molar-refractivity contribution < 1.29 is 18.7 Å². The van der Waals surface area contributed by atoms with E-state index in [2.05, 4.69) is 75.5 Å². The van der Waals surface area contributed by atoms with Gasteiger partial charge in [0.25, 0.3) is 8.32 Å². The van der Waals surface area contributed by atoms with E-state index >= 15 is 0 Å². The van der Waals surface area contributed by atoms with Crippen LogP contribution in [0.1, 0.15) is 67.9 Å². The molecule has 2 aromatic carbocycles. The normalized spacial score (nSPS) is 12.3.